The van der Waals surface area contributed by atoms with Crippen molar-refractivity contribution >= 4 is 34.7 Å². The fourth-order valence-corrected chi connectivity index (χ4v) is 2.46. The lowest BCUT2D eigenvalue weighted by molar-refractivity contribution is 0.262. The molecule has 0 fully saturated rings. The number of hydrogen-bond acceptors (Lipinski definition) is 5. The highest BCUT2D eigenvalue weighted by Crippen LogP contribution is 2.26. The molecule has 0 saturated heterocycles. The van der Waals surface area contributed by atoms with Gasteiger partial charge in [0.15, 0.2) is 0 Å². The zero-order valence-electron chi connectivity index (χ0n) is 13.8. The number of nitrogens with two attached hydrogens (primary N) is 1. The summed E-state index contributed by atoms with van der Waals surface area (Å²) >= 11 is 6.02. The van der Waals surface area contributed by atoms with Crippen LogP contribution in [0.4, 0.5) is 21.9 Å². The Morgan fingerprint density at radius 1 is 1.24 bits per heavy atom. The number of amides is 2. The molecule has 7 nitrogen and oxygen atoms in total. The molecule has 0 heterocycles. The maximum Gasteiger partial charge on any atom is 0.323 e. The van der Waals surface area contributed by atoms with E-state index in [1.54, 1.807) is 43.5 Å². The average molecular weight is 365 g/mol. The summed E-state index contributed by atoms with van der Waals surface area (Å²) in [4.78, 5) is 12.3. The summed E-state index contributed by atoms with van der Waals surface area (Å²) in [6, 6.07) is 9.80. The Kier molecular flexibility index (Phi) is 6.88. The summed E-state index contributed by atoms with van der Waals surface area (Å²) in [5, 5.41) is 18.3. The molecule has 2 aromatic carbocycles. The lowest BCUT2D eigenvalue weighted by atomic mass is 10.2. The molecule has 0 aliphatic heterocycles. The van der Waals surface area contributed by atoms with Gasteiger partial charge in [-0.15, -0.1) is 0 Å². The van der Waals surface area contributed by atoms with E-state index < -0.39 is 6.03 Å². The summed E-state index contributed by atoms with van der Waals surface area (Å²) in [5.74, 6) is 0.594. The van der Waals surface area contributed by atoms with E-state index in [0.717, 1.165) is 5.69 Å². The number of urea groups is 1. The topological polar surface area (TPSA) is 109 Å². The van der Waals surface area contributed by atoms with E-state index in [1.165, 1.54) is 0 Å². The number of ether oxygens (including phenoxy) is 1. The van der Waals surface area contributed by atoms with E-state index in [9.17, 15) is 9.90 Å². The Labute approximate surface area is 151 Å². The smallest absolute Gasteiger partial charge is 0.323 e. The Balaban J connectivity index is 2.13. The zero-order valence-corrected chi connectivity index (χ0v) is 14.6. The van der Waals surface area contributed by atoms with Gasteiger partial charge in [0.25, 0.3) is 0 Å². The second-order valence-corrected chi connectivity index (χ2v) is 5.58. The van der Waals surface area contributed by atoms with Gasteiger partial charge in [-0.2, -0.15) is 0 Å². The van der Waals surface area contributed by atoms with Crippen LogP contribution in [0.15, 0.2) is 36.4 Å². The van der Waals surface area contributed by atoms with Crippen molar-refractivity contribution < 1.29 is 14.6 Å². The largest absolute Gasteiger partial charge is 0.497 e. The van der Waals surface area contributed by atoms with Crippen molar-refractivity contribution in [2.45, 2.75) is 6.61 Å². The number of carbonyl (C=O) groups is 1. The molecule has 2 amide bonds. The first kappa shape index (κ1) is 18.9. The summed E-state index contributed by atoms with van der Waals surface area (Å²) in [5.41, 5.74) is 7.70. The second kappa shape index (κ2) is 9.12. The molecule has 0 aliphatic rings. The molecule has 0 aliphatic carbocycles. The average Bonchev–Trinajstić information content (AvgIpc) is 2.59. The summed E-state index contributed by atoms with van der Waals surface area (Å²) in [7, 11) is 1.55. The van der Waals surface area contributed by atoms with Gasteiger partial charge < -0.3 is 31.5 Å². The van der Waals surface area contributed by atoms with E-state index in [-0.39, 0.29) is 6.61 Å². The first-order valence-corrected chi connectivity index (χ1v) is 8.04. The number of benzene rings is 2. The van der Waals surface area contributed by atoms with Gasteiger partial charge in [-0.1, -0.05) is 17.7 Å². The fourth-order valence-electron chi connectivity index (χ4n) is 2.23. The first-order valence-electron chi connectivity index (χ1n) is 7.66. The predicted molar refractivity (Wildman–Crippen MR) is 101 cm³/mol. The summed E-state index contributed by atoms with van der Waals surface area (Å²) < 4.78 is 5.23. The van der Waals surface area contributed by atoms with Crippen molar-refractivity contribution in [1.82, 2.24) is 0 Å². The molecule has 25 heavy (non-hydrogen) atoms. The number of aliphatic hydroxyl groups excluding tert-OH is 1. The highest BCUT2D eigenvalue weighted by atomic mass is 35.5. The Morgan fingerprint density at radius 2 is 2.00 bits per heavy atom. The Hall–Kier alpha value is -2.48. The predicted octanol–water partition coefficient (Wildman–Crippen LogP) is 2.86. The molecule has 0 bridgehead atoms. The van der Waals surface area contributed by atoms with Crippen LogP contribution >= 0.6 is 11.6 Å². The van der Waals surface area contributed by atoms with E-state index in [0.29, 0.717) is 40.8 Å². The van der Waals surface area contributed by atoms with Gasteiger partial charge in [0.2, 0.25) is 0 Å². The third kappa shape index (κ3) is 5.25. The van der Waals surface area contributed by atoms with Crippen LogP contribution in [0.5, 0.6) is 5.75 Å². The standard InChI is InChI=1S/C17H21ClN4O3/c1-25-13-8-11(20-6-5-19)7-12(9-13)21-17(24)22-16-4-2-3-15(18)14(16)10-23/h2-4,7-9,20,23H,5-6,10,19H2,1H3,(H2,21,22,24). The molecule has 0 atom stereocenters. The van der Waals surface area contributed by atoms with Gasteiger partial charge >= 0.3 is 6.03 Å². The lowest BCUT2D eigenvalue weighted by Crippen LogP contribution is -2.20. The molecular formula is C17H21ClN4O3. The number of methoxy groups -OCH3 is 1. The molecule has 8 heteroatoms. The normalized spacial score (nSPS) is 10.2. The van der Waals surface area contributed by atoms with Crippen molar-refractivity contribution in [2.24, 2.45) is 5.73 Å². The third-order valence-corrected chi connectivity index (χ3v) is 3.75. The number of halogens is 1. The van der Waals surface area contributed by atoms with Gasteiger partial charge in [0.1, 0.15) is 5.75 Å². The van der Waals surface area contributed by atoms with Gasteiger partial charge in [0.05, 0.1) is 13.7 Å². The third-order valence-electron chi connectivity index (χ3n) is 3.40. The minimum Gasteiger partial charge on any atom is -0.497 e. The van der Waals surface area contributed by atoms with Gasteiger partial charge in [-0.25, -0.2) is 4.79 Å². The number of hydrogen-bond donors (Lipinski definition) is 5. The van der Waals surface area contributed by atoms with Crippen molar-refractivity contribution in [3.05, 3.63) is 47.0 Å². The number of carbonyl (C=O) groups excluding carboxylic acids is 1. The Morgan fingerprint density at radius 3 is 2.68 bits per heavy atom. The second-order valence-electron chi connectivity index (χ2n) is 5.17. The molecular weight excluding hydrogens is 344 g/mol. The molecule has 0 unspecified atom stereocenters. The van der Waals surface area contributed by atoms with Crippen molar-refractivity contribution in [3.63, 3.8) is 0 Å². The van der Waals surface area contributed by atoms with Crippen LogP contribution in [-0.2, 0) is 6.61 Å². The van der Waals surface area contributed by atoms with Crippen molar-refractivity contribution in [1.29, 1.82) is 0 Å². The molecule has 2 aromatic rings. The Bertz CT molecular complexity index is 740. The first-order chi connectivity index (χ1) is 12.1. The highest BCUT2D eigenvalue weighted by molar-refractivity contribution is 6.31. The van der Waals surface area contributed by atoms with E-state index in [2.05, 4.69) is 16.0 Å². The number of rotatable bonds is 7. The quantitative estimate of drug-likeness (QED) is 0.519. The molecule has 0 spiro atoms. The molecule has 2 rings (SSSR count). The SMILES string of the molecule is COc1cc(NCCN)cc(NC(=O)Nc2cccc(Cl)c2CO)c1. The minimum atomic E-state index is -0.463. The van der Waals surface area contributed by atoms with Crippen LogP contribution in [0.3, 0.4) is 0 Å². The number of aliphatic hydroxyl groups is 1. The lowest BCUT2D eigenvalue weighted by Gasteiger charge is -2.14. The maximum atomic E-state index is 12.3. The number of nitrogens with one attached hydrogen (secondary N) is 3. The van der Waals surface area contributed by atoms with Crippen LogP contribution in [0.25, 0.3) is 0 Å². The maximum absolute atomic E-state index is 12.3. The summed E-state index contributed by atoms with van der Waals surface area (Å²) in [6.07, 6.45) is 0. The van der Waals surface area contributed by atoms with Crippen LogP contribution in [-0.4, -0.2) is 31.3 Å². The van der Waals surface area contributed by atoms with Crippen LogP contribution in [0.2, 0.25) is 5.02 Å². The molecule has 0 saturated carbocycles. The van der Waals surface area contributed by atoms with Crippen molar-refractivity contribution in [3.8, 4) is 5.75 Å². The molecule has 6 N–H and O–H groups in total. The van der Waals surface area contributed by atoms with E-state index >= 15 is 0 Å². The van der Waals surface area contributed by atoms with Crippen molar-refractivity contribution in [2.75, 3.05) is 36.1 Å². The highest BCUT2D eigenvalue weighted by Gasteiger charge is 2.10. The van der Waals surface area contributed by atoms with Gasteiger partial charge in [-0.3, -0.25) is 0 Å². The van der Waals surface area contributed by atoms with Crippen LogP contribution in [0, 0.1) is 0 Å². The molecule has 0 aromatic heterocycles. The van der Waals surface area contributed by atoms with Gasteiger partial charge in [0, 0.05) is 52.9 Å². The zero-order chi connectivity index (χ0) is 18.2. The number of anilines is 3. The van der Waals surface area contributed by atoms with E-state index in [1.807, 2.05) is 0 Å². The monoisotopic (exact) mass is 364 g/mol. The van der Waals surface area contributed by atoms with Crippen LogP contribution < -0.4 is 26.4 Å². The minimum absolute atomic E-state index is 0.276. The van der Waals surface area contributed by atoms with Gasteiger partial charge in [-0.05, 0) is 18.2 Å². The molecule has 0 radical (unpaired) electrons. The van der Waals surface area contributed by atoms with Crippen LogP contribution in [0.1, 0.15) is 5.56 Å². The summed E-state index contributed by atoms with van der Waals surface area (Å²) in [6.45, 7) is 0.807. The van der Waals surface area contributed by atoms with E-state index in [4.69, 9.17) is 22.1 Å². The fraction of sp³-hybridized carbons (Fsp3) is 0.235. The molecule has 134 valence electrons.